The fourth-order valence-electron chi connectivity index (χ4n) is 3.87. The van der Waals surface area contributed by atoms with Crippen LogP contribution < -0.4 is 5.73 Å². The molecular weight excluding hydrogens is 254 g/mol. The van der Waals surface area contributed by atoms with Crippen molar-refractivity contribution in [1.82, 2.24) is 9.80 Å². The van der Waals surface area contributed by atoms with Gasteiger partial charge in [-0.1, -0.05) is 0 Å². The number of rotatable bonds is 3. The third-order valence-electron chi connectivity index (χ3n) is 5.36. The quantitative estimate of drug-likeness (QED) is 0.807. The Bertz CT molecular complexity index is 312. The molecule has 5 heteroatoms. The standard InChI is InChI=1S/C15H29N3O2/c1-13(11-16)17-4-6-18(7-5-17)14-2-8-20-15(10-14)3-9-19-12-15/h13-14H,2-12,16H2,1H3. The molecule has 3 atom stereocenters. The molecule has 3 heterocycles. The Hall–Kier alpha value is -0.200. The third-order valence-corrected chi connectivity index (χ3v) is 5.36. The van der Waals surface area contributed by atoms with Gasteiger partial charge in [0.05, 0.1) is 12.2 Å². The van der Waals surface area contributed by atoms with Gasteiger partial charge in [0.2, 0.25) is 0 Å². The van der Waals surface area contributed by atoms with Gasteiger partial charge in [0.25, 0.3) is 0 Å². The van der Waals surface area contributed by atoms with Crippen LogP contribution in [0.2, 0.25) is 0 Å². The molecular formula is C15H29N3O2. The van der Waals surface area contributed by atoms with Gasteiger partial charge in [-0.15, -0.1) is 0 Å². The molecule has 0 amide bonds. The summed E-state index contributed by atoms with van der Waals surface area (Å²) in [5.74, 6) is 0. The summed E-state index contributed by atoms with van der Waals surface area (Å²) in [6.07, 6.45) is 3.40. The fourth-order valence-corrected chi connectivity index (χ4v) is 3.87. The zero-order valence-corrected chi connectivity index (χ0v) is 12.7. The van der Waals surface area contributed by atoms with Crippen LogP contribution in [-0.2, 0) is 9.47 Å². The second-order valence-electron chi connectivity index (χ2n) is 6.64. The molecule has 0 aromatic rings. The Morgan fingerprint density at radius 3 is 2.70 bits per heavy atom. The number of piperazine rings is 1. The summed E-state index contributed by atoms with van der Waals surface area (Å²) in [5, 5.41) is 0. The van der Waals surface area contributed by atoms with E-state index in [1.54, 1.807) is 0 Å². The smallest absolute Gasteiger partial charge is 0.0951 e. The molecule has 0 saturated carbocycles. The van der Waals surface area contributed by atoms with Gasteiger partial charge in [0.15, 0.2) is 0 Å². The Kier molecular flexibility index (Phi) is 4.62. The van der Waals surface area contributed by atoms with E-state index in [9.17, 15) is 0 Å². The summed E-state index contributed by atoms with van der Waals surface area (Å²) in [6, 6.07) is 1.20. The average Bonchev–Trinajstić information content (AvgIpc) is 2.94. The first-order valence-electron chi connectivity index (χ1n) is 8.12. The van der Waals surface area contributed by atoms with Crippen molar-refractivity contribution in [3.05, 3.63) is 0 Å². The lowest BCUT2D eigenvalue weighted by molar-refractivity contribution is -0.110. The van der Waals surface area contributed by atoms with E-state index in [-0.39, 0.29) is 5.60 Å². The lowest BCUT2D eigenvalue weighted by atomic mass is 9.88. The molecule has 1 spiro atoms. The summed E-state index contributed by atoms with van der Waals surface area (Å²) < 4.78 is 11.6. The normalized spacial score (nSPS) is 38.4. The number of ether oxygens (including phenoxy) is 2. The Labute approximate surface area is 122 Å². The van der Waals surface area contributed by atoms with Crippen LogP contribution in [0.5, 0.6) is 0 Å². The van der Waals surface area contributed by atoms with Crippen molar-refractivity contribution in [3.8, 4) is 0 Å². The molecule has 3 fully saturated rings. The SMILES string of the molecule is CC(CN)N1CCN(C2CCOC3(CCOC3)C2)CC1. The van der Waals surface area contributed by atoms with Gasteiger partial charge in [-0.05, 0) is 19.8 Å². The van der Waals surface area contributed by atoms with E-state index >= 15 is 0 Å². The molecule has 3 rings (SSSR count). The van der Waals surface area contributed by atoms with Gasteiger partial charge in [-0.3, -0.25) is 9.80 Å². The maximum atomic E-state index is 6.05. The first-order chi connectivity index (χ1) is 9.72. The van der Waals surface area contributed by atoms with Gasteiger partial charge >= 0.3 is 0 Å². The third kappa shape index (κ3) is 3.02. The lowest BCUT2D eigenvalue weighted by Crippen LogP contribution is -2.57. The zero-order valence-electron chi connectivity index (χ0n) is 12.7. The minimum atomic E-state index is 0.0323. The molecule has 3 unspecified atom stereocenters. The molecule has 0 aliphatic carbocycles. The van der Waals surface area contributed by atoms with Crippen molar-refractivity contribution < 1.29 is 9.47 Å². The number of nitrogens with zero attached hydrogens (tertiary/aromatic N) is 2. The molecule has 116 valence electrons. The van der Waals surface area contributed by atoms with Crippen molar-refractivity contribution in [1.29, 1.82) is 0 Å². The predicted octanol–water partition coefficient (Wildman–Crippen LogP) is 0.289. The lowest BCUT2D eigenvalue weighted by Gasteiger charge is -2.46. The Balaban J connectivity index is 1.52. The molecule has 0 bridgehead atoms. The Morgan fingerprint density at radius 2 is 2.05 bits per heavy atom. The molecule has 0 aromatic carbocycles. The molecule has 5 nitrogen and oxygen atoms in total. The topological polar surface area (TPSA) is 51.0 Å². The minimum absolute atomic E-state index is 0.0323. The molecule has 3 aliphatic rings. The van der Waals surface area contributed by atoms with Crippen LogP contribution in [-0.4, -0.2) is 80.0 Å². The number of hydrogen-bond donors (Lipinski definition) is 1. The van der Waals surface area contributed by atoms with Crippen LogP contribution in [0, 0.1) is 0 Å². The molecule has 3 saturated heterocycles. The van der Waals surface area contributed by atoms with Crippen molar-refractivity contribution in [2.24, 2.45) is 5.73 Å². The van der Waals surface area contributed by atoms with Gasteiger partial charge in [0, 0.05) is 64.4 Å². The summed E-state index contributed by atoms with van der Waals surface area (Å²) >= 11 is 0. The van der Waals surface area contributed by atoms with E-state index in [0.29, 0.717) is 12.1 Å². The van der Waals surface area contributed by atoms with Crippen LogP contribution in [0.1, 0.15) is 26.2 Å². The highest BCUT2D eigenvalue weighted by atomic mass is 16.6. The van der Waals surface area contributed by atoms with Gasteiger partial charge in [-0.25, -0.2) is 0 Å². The highest BCUT2D eigenvalue weighted by Gasteiger charge is 2.42. The molecule has 3 aliphatic heterocycles. The summed E-state index contributed by atoms with van der Waals surface area (Å²) in [7, 11) is 0. The van der Waals surface area contributed by atoms with E-state index in [1.165, 1.54) is 19.5 Å². The number of hydrogen-bond acceptors (Lipinski definition) is 5. The van der Waals surface area contributed by atoms with E-state index in [4.69, 9.17) is 15.2 Å². The molecule has 0 aromatic heterocycles. The van der Waals surface area contributed by atoms with E-state index in [1.807, 2.05) is 0 Å². The fraction of sp³-hybridized carbons (Fsp3) is 1.00. The van der Waals surface area contributed by atoms with Crippen LogP contribution in [0.3, 0.4) is 0 Å². The van der Waals surface area contributed by atoms with Crippen LogP contribution in [0.15, 0.2) is 0 Å². The first-order valence-corrected chi connectivity index (χ1v) is 8.12. The monoisotopic (exact) mass is 283 g/mol. The molecule has 0 radical (unpaired) electrons. The molecule has 2 N–H and O–H groups in total. The van der Waals surface area contributed by atoms with Crippen molar-refractivity contribution >= 4 is 0 Å². The van der Waals surface area contributed by atoms with Crippen molar-refractivity contribution in [3.63, 3.8) is 0 Å². The largest absolute Gasteiger partial charge is 0.378 e. The van der Waals surface area contributed by atoms with Crippen molar-refractivity contribution in [2.75, 3.05) is 52.5 Å². The predicted molar refractivity (Wildman–Crippen MR) is 78.8 cm³/mol. The van der Waals surface area contributed by atoms with Crippen LogP contribution in [0.4, 0.5) is 0 Å². The highest BCUT2D eigenvalue weighted by Crippen LogP contribution is 2.35. The number of nitrogens with two attached hydrogens (primary N) is 1. The van der Waals surface area contributed by atoms with Gasteiger partial charge in [-0.2, -0.15) is 0 Å². The second kappa shape index (κ2) is 6.28. The first kappa shape index (κ1) is 14.7. The highest BCUT2D eigenvalue weighted by molar-refractivity contribution is 4.94. The van der Waals surface area contributed by atoms with Crippen molar-refractivity contribution in [2.45, 2.75) is 43.9 Å². The zero-order chi connectivity index (χ0) is 14.0. The van der Waals surface area contributed by atoms with E-state index in [0.717, 1.165) is 52.3 Å². The van der Waals surface area contributed by atoms with Gasteiger partial charge < -0.3 is 15.2 Å². The summed E-state index contributed by atoms with van der Waals surface area (Å²) in [4.78, 5) is 5.19. The molecule has 20 heavy (non-hydrogen) atoms. The van der Waals surface area contributed by atoms with Gasteiger partial charge in [0.1, 0.15) is 0 Å². The summed E-state index contributed by atoms with van der Waals surface area (Å²) in [6.45, 7) is 10.2. The summed E-state index contributed by atoms with van der Waals surface area (Å²) in [5.41, 5.74) is 5.81. The van der Waals surface area contributed by atoms with Crippen LogP contribution in [0.25, 0.3) is 0 Å². The minimum Gasteiger partial charge on any atom is -0.378 e. The Morgan fingerprint density at radius 1 is 1.25 bits per heavy atom. The maximum Gasteiger partial charge on any atom is 0.0951 e. The van der Waals surface area contributed by atoms with E-state index < -0.39 is 0 Å². The van der Waals surface area contributed by atoms with E-state index in [2.05, 4.69) is 16.7 Å². The van der Waals surface area contributed by atoms with Crippen LogP contribution >= 0.6 is 0 Å². The second-order valence-corrected chi connectivity index (χ2v) is 6.64. The maximum absolute atomic E-state index is 6.05. The average molecular weight is 283 g/mol.